The Labute approximate surface area is 111 Å². The third-order valence-electron chi connectivity index (χ3n) is 2.60. The van der Waals surface area contributed by atoms with E-state index in [9.17, 15) is 0 Å². The van der Waals surface area contributed by atoms with E-state index in [1.54, 1.807) is 31.3 Å². The summed E-state index contributed by atoms with van der Waals surface area (Å²) in [5, 5.41) is 0. The molecule has 2 rings (SSSR count). The summed E-state index contributed by atoms with van der Waals surface area (Å²) in [6.45, 7) is 0. The van der Waals surface area contributed by atoms with Gasteiger partial charge in [-0.25, -0.2) is 0 Å². The van der Waals surface area contributed by atoms with Gasteiger partial charge in [-0.05, 0) is 29.8 Å². The van der Waals surface area contributed by atoms with E-state index in [2.05, 4.69) is 4.98 Å². The summed E-state index contributed by atoms with van der Waals surface area (Å²) in [4.78, 5) is 5.18. The van der Waals surface area contributed by atoms with Crippen LogP contribution in [-0.2, 0) is 0 Å². The van der Waals surface area contributed by atoms with E-state index in [0.29, 0.717) is 0 Å². The number of rotatable bonds is 5. The van der Waals surface area contributed by atoms with Crippen molar-refractivity contribution in [3.63, 3.8) is 0 Å². The predicted octanol–water partition coefficient (Wildman–Crippen LogP) is 2.88. The summed E-state index contributed by atoms with van der Waals surface area (Å²) in [5.74, 6) is 1.67. The fourth-order valence-corrected chi connectivity index (χ4v) is 2.47. The Morgan fingerprint density at radius 2 is 2.06 bits per heavy atom. The second kappa shape index (κ2) is 6.42. The molecule has 2 aromatic rings. The summed E-state index contributed by atoms with van der Waals surface area (Å²) in [6, 6.07) is 11.9. The highest BCUT2D eigenvalue weighted by molar-refractivity contribution is 7.99. The Morgan fingerprint density at radius 1 is 1.28 bits per heavy atom. The van der Waals surface area contributed by atoms with Crippen LogP contribution in [0.3, 0.4) is 0 Å². The Hall–Kier alpha value is -1.52. The molecule has 0 aliphatic rings. The molecule has 0 bridgehead atoms. The van der Waals surface area contributed by atoms with Gasteiger partial charge >= 0.3 is 0 Å². The van der Waals surface area contributed by atoms with Gasteiger partial charge in [-0.2, -0.15) is 0 Å². The summed E-state index contributed by atoms with van der Waals surface area (Å²) >= 11 is 1.73. The van der Waals surface area contributed by atoms with Crippen LogP contribution >= 0.6 is 11.8 Å². The number of hydrogen-bond acceptors (Lipinski definition) is 4. The maximum Gasteiger partial charge on any atom is 0.119 e. The van der Waals surface area contributed by atoms with Crippen LogP contribution in [0.1, 0.15) is 11.6 Å². The van der Waals surface area contributed by atoms with Gasteiger partial charge in [0.1, 0.15) is 5.75 Å². The zero-order valence-electron chi connectivity index (χ0n) is 10.2. The lowest BCUT2D eigenvalue weighted by Crippen LogP contribution is -2.12. The van der Waals surface area contributed by atoms with Gasteiger partial charge < -0.3 is 10.5 Å². The average Bonchev–Trinajstić information content (AvgIpc) is 2.46. The second-order valence-corrected chi connectivity index (χ2v) is 4.97. The molecule has 1 aromatic carbocycles. The Balaban J connectivity index is 1.97. The van der Waals surface area contributed by atoms with Crippen LogP contribution < -0.4 is 10.5 Å². The van der Waals surface area contributed by atoms with Crippen molar-refractivity contribution in [1.82, 2.24) is 4.98 Å². The van der Waals surface area contributed by atoms with Crippen molar-refractivity contribution in [2.24, 2.45) is 5.73 Å². The lowest BCUT2D eigenvalue weighted by Gasteiger charge is -2.12. The lowest BCUT2D eigenvalue weighted by molar-refractivity contribution is 0.414. The topological polar surface area (TPSA) is 48.1 Å². The molecule has 4 heteroatoms. The van der Waals surface area contributed by atoms with Gasteiger partial charge in [0, 0.05) is 29.1 Å². The Bertz CT molecular complexity index is 490. The smallest absolute Gasteiger partial charge is 0.119 e. The number of aromatic nitrogens is 1. The molecule has 94 valence electrons. The monoisotopic (exact) mass is 260 g/mol. The van der Waals surface area contributed by atoms with E-state index in [1.807, 2.05) is 36.4 Å². The molecule has 1 aromatic heterocycles. The van der Waals surface area contributed by atoms with Crippen molar-refractivity contribution in [2.75, 3.05) is 12.9 Å². The first-order valence-corrected chi connectivity index (χ1v) is 6.70. The highest BCUT2D eigenvalue weighted by Gasteiger charge is 2.07. The van der Waals surface area contributed by atoms with Crippen LogP contribution in [0.4, 0.5) is 0 Å². The fraction of sp³-hybridized carbons (Fsp3) is 0.214. The number of ether oxygens (including phenoxy) is 1. The van der Waals surface area contributed by atoms with E-state index in [0.717, 1.165) is 17.1 Å². The van der Waals surface area contributed by atoms with Crippen molar-refractivity contribution in [2.45, 2.75) is 10.9 Å². The minimum absolute atomic E-state index is 0.00161. The molecule has 1 unspecified atom stereocenters. The molecule has 0 fully saturated rings. The maximum absolute atomic E-state index is 6.17. The average molecular weight is 260 g/mol. The summed E-state index contributed by atoms with van der Waals surface area (Å²) < 4.78 is 5.20. The molecule has 18 heavy (non-hydrogen) atoms. The van der Waals surface area contributed by atoms with Gasteiger partial charge in [0.2, 0.25) is 0 Å². The first kappa shape index (κ1) is 12.9. The van der Waals surface area contributed by atoms with Gasteiger partial charge in [0.25, 0.3) is 0 Å². The number of hydrogen-bond donors (Lipinski definition) is 1. The molecule has 1 heterocycles. The van der Waals surface area contributed by atoms with E-state index in [4.69, 9.17) is 10.5 Å². The minimum atomic E-state index is -0.00161. The molecule has 0 aliphatic carbocycles. The van der Waals surface area contributed by atoms with Gasteiger partial charge in [-0.1, -0.05) is 12.1 Å². The SMILES string of the molecule is COc1cccc(C(N)CSc2ccncc2)c1. The number of nitrogens with two attached hydrogens (primary N) is 1. The number of nitrogens with zero attached hydrogens (tertiary/aromatic N) is 1. The molecule has 0 spiro atoms. The van der Waals surface area contributed by atoms with Gasteiger partial charge in [-0.15, -0.1) is 11.8 Å². The van der Waals surface area contributed by atoms with Crippen LogP contribution in [0.5, 0.6) is 5.75 Å². The van der Waals surface area contributed by atoms with Crippen molar-refractivity contribution in [1.29, 1.82) is 0 Å². The fourth-order valence-electron chi connectivity index (χ4n) is 1.59. The maximum atomic E-state index is 6.17. The summed E-state index contributed by atoms with van der Waals surface area (Å²) in [6.07, 6.45) is 3.58. The zero-order chi connectivity index (χ0) is 12.8. The molecule has 2 N–H and O–H groups in total. The van der Waals surface area contributed by atoms with Crippen molar-refractivity contribution < 1.29 is 4.74 Å². The summed E-state index contributed by atoms with van der Waals surface area (Å²) in [7, 11) is 1.66. The quantitative estimate of drug-likeness (QED) is 0.840. The molecule has 0 amide bonds. The second-order valence-electron chi connectivity index (χ2n) is 3.88. The number of thioether (sulfide) groups is 1. The number of pyridine rings is 1. The first-order chi connectivity index (χ1) is 8.79. The number of methoxy groups -OCH3 is 1. The minimum Gasteiger partial charge on any atom is -0.497 e. The van der Waals surface area contributed by atoms with Gasteiger partial charge in [0.15, 0.2) is 0 Å². The van der Waals surface area contributed by atoms with E-state index in [-0.39, 0.29) is 6.04 Å². The highest BCUT2D eigenvalue weighted by Crippen LogP contribution is 2.24. The molecule has 0 aliphatic heterocycles. The lowest BCUT2D eigenvalue weighted by atomic mass is 10.1. The molecule has 1 atom stereocenters. The molecule has 3 nitrogen and oxygen atoms in total. The Morgan fingerprint density at radius 3 is 2.78 bits per heavy atom. The predicted molar refractivity (Wildman–Crippen MR) is 74.9 cm³/mol. The molecular formula is C14H16N2OS. The molecular weight excluding hydrogens is 244 g/mol. The number of benzene rings is 1. The van der Waals surface area contributed by atoms with Crippen LogP contribution in [0.25, 0.3) is 0 Å². The van der Waals surface area contributed by atoms with Crippen LogP contribution in [-0.4, -0.2) is 17.8 Å². The van der Waals surface area contributed by atoms with Crippen LogP contribution in [0, 0.1) is 0 Å². The first-order valence-electron chi connectivity index (χ1n) is 5.72. The third kappa shape index (κ3) is 3.48. The van der Waals surface area contributed by atoms with Crippen LogP contribution in [0.15, 0.2) is 53.7 Å². The van der Waals surface area contributed by atoms with Crippen molar-refractivity contribution >= 4 is 11.8 Å². The standard InChI is InChI=1S/C14H16N2OS/c1-17-12-4-2-3-11(9-12)14(15)10-18-13-5-7-16-8-6-13/h2-9,14H,10,15H2,1H3. The molecule has 0 radical (unpaired) electrons. The van der Waals surface area contributed by atoms with E-state index < -0.39 is 0 Å². The third-order valence-corrected chi connectivity index (χ3v) is 3.73. The highest BCUT2D eigenvalue weighted by atomic mass is 32.2. The van der Waals surface area contributed by atoms with E-state index in [1.165, 1.54) is 4.90 Å². The van der Waals surface area contributed by atoms with Gasteiger partial charge in [0.05, 0.1) is 7.11 Å². The summed E-state index contributed by atoms with van der Waals surface area (Å²) in [5.41, 5.74) is 7.27. The van der Waals surface area contributed by atoms with Gasteiger partial charge in [-0.3, -0.25) is 4.98 Å². The normalized spacial score (nSPS) is 12.1. The van der Waals surface area contributed by atoms with Crippen molar-refractivity contribution in [3.05, 3.63) is 54.4 Å². The molecule has 0 saturated carbocycles. The largest absolute Gasteiger partial charge is 0.497 e. The van der Waals surface area contributed by atoms with Crippen molar-refractivity contribution in [3.8, 4) is 5.75 Å². The van der Waals surface area contributed by atoms with Crippen LogP contribution in [0.2, 0.25) is 0 Å². The Kier molecular flexibility index (Phi) is 4.61. The molecule has 0 saturated heterocycles. The van der Waals surface area contributed by atoms with E-state index >= 15 is 0 Å². The zero-order valence-corrected chi connectivity index (χ0v) is 11.1.